The molecule has 3 aromatic rings. The van der Waals surface area contributed by atoms with Crippen LogP contribution in [-0.2, 0) is 0 Å². The predicted molar refractivity (Wildman–Crippen MR) is 94.5 cm³/mol. The molecule has 0 unspecified atom stereocenters. The van der Waals surface area contributed by atoms with Crippen LogP contribution in [0.15, 0.2) is 66.1 Å². The molecule has 0 amide bonds. The molecular weight excluding hydrogens is 312 g/mol. The van der Waals surface area contributed by atoms with Crippen molar-refractivity contribution in [2.45, 2.75) is 12.8 Å². The Kier molecular flexibility index (Phi) is 3.51. The topological polar surface area (TPSA) is 87.7 Å². The van der Waals surface area contributed by atoms with Crippen LogP contribution in [0.4, 0.5) is 0 Å². The molecule has 122 valence electrons. The van der Waals surface area contributed by atoms with Gasteiger partial charge in [0, 0.05) is 11.3 Å². The zero-order valence-electron chi connectivity index (χ0n) is 13.7. The van der Waals surface area contributed by atoms with Gasteiger partial charge in [-0.3, -0.25) is 5.10 Å². The number of aryl methyl sites for hydroxylation is 1. The highest BCUT2D eigenvalue weighted by Gasteiger charge is 2.34. The van der Waals surface area contributed by atoms with Gasteiger partial charge in [0.15, 0.2) is 0 Å². The van der Waals surface area contributed by atoms with Gasteiger partial charge in [-0.15, -0.1) is 5.10 Å². The summed E-state index contributed by atoms with van der Waals surface area (Å²) in [6, 6.07) is 20.5. The molecule has 4 rings (SSSR count). The molecular formula is C20H16N4O. The van der Waals surface area contributed by atoms with Gasteiger partial charge in [-0.25, -0.2) is 0 Å². The number of fused-ring (bicyclic) bond motifs is 1. The molecule has 1 aliphatic heterocycles. The third kappa shape index (κ3) is 2.45. The maximum atomic E-state index is 9.58. The molecule has 0 radical (unpaired) electrons. The van der Waals surface area contributed by atoms with Crippen LogP contribution in [0.3, 0.4) is 0 Å². The largest absolute Gasteiger partial charge is 0.420 e. The normalized spacial score (nSPS) is 16.1. The zero-order valence-corrected chi connectivity index (χ0v) is 13.7. The Bertz CT molecular complexity index is 994. The first-order valence-electron chi connectivity index (χ1n) is 7.97. The van der Waals surface area contributed by atoms with Gasteiger partial charge in [0.2, 0.25) is 11.8 Å². The van der Waals surface area contributed by atoms with Crippen LogP contribution in [-0.4, -0.2) is 10.2 Å². The number of H-pyrrole nitrogens is 1. The van der Waals surface area contributed by atoms with E-state index in [9.17, 15) is 5.26 Å². The van der Waals surface area contributed by atoms with E-state index < -0.39 is 0 Å². The quantitative estimate of drug-likeness (QED) is 0.752. The lowest BCUT2D eigenvalue weighted by atomic mass is 9.83. The summed E-state index contributed by atoms with van der Waals surface area (Å²) in [5.74, 6) is 0.266. The van der Waals surface area contributed by atoms with E-state index in [1.54, 1.807) is 0 Å². The summed E-state index contributed by atoms with van der Waals surface area (Å²) in [6.45, 7) is 1.91. The van der Waals surface area contributed by atoms with E-state index in [1.165, 1.54) is 0 Å². The maximum absolute atomic E-state index is 9.58. The summed E-state index contributed by atoms with van der Waals surface area (Å²) in [5.41, 5.74) is 11.3. The van der Waals surface area contributed by atoms with Crippen molar-refractivity contribution in [1.29, 1.82) is 5.26 Å². The molecule has 1 aliphatic rings. The number of ether oxygens (including phenoxy) is 1. The molecule has 2 heterocycles. The predicted octanol–water partition coefficient (Wildman–Crippen LogP) is 3.60. The summed E-state index contributed by atoms with van der Waals surface area (Å²) in [4.78, 5) is 0. The molecule has 0 bridgehead atoms. The Morgan fingerprint density at radius 1 is 1.08 bits per heavy atom. The highest BCUT2D eigenvalue weighted by molar-refractivity contribution is 5.65. The molecule has 0 saturated heterocycles. The van der Waals surface area contributed by atoms with Crippen LogP contribution in [0.2, 0.25) is 0 Å². The summed E-state index contributed by atoms with van der Waals surface area (Å²) in [5, 5.41) is 16.6. The molecule has 0 spiro atoms. The van der Waals surface area contributed by atoms with Gasteiger partial charge in [0.25, 0.3) is 0 Å². The number of allylic oxidation sites excluding steroid dienone is 1. The van der Waals surface area contributed by atoms with Crippen molar-refractivity contribution in [2.75, 3.05) is 0 Å². The fraction of sp³-hybridized carbons (Fsp3) is 0.100. The second kappa shape index (κ2) is 5.84. The van der Waals surface area contributed by atoms with Crippen molar-refractivity contribution in [2.24, 2.45) is 5.73 Å². The van der Waals surface area contributed by atoms with E-state index in [-0.39, 0.29) is 11.8 Å². The molecule has 0 saturated carbocycles. The van der Waals surface area contributed by atoms with E-state index in [0.717, 1.165) is 27.9 Å². The zero-order chi connectivity index (χ0) is 17.4. The Morgan fingerprint density at radius 2 is 1.76 bits per heavy atom. The molecule has 2 aromatic carbocycles. The standard InChI is InChI=1S/C20H16N4O/c1-12-17-18(16(11-21)19(22)25-20(17)24-23-12)15-9-7-14(8-10-15)13-5-3-2-4-6-13/h2-10,18H,22H2,1H3,(H,23,24)/t18-/m1/s1. The average molecular weight is 328 g/mol. The van der Waals surface area contributed by atoms with Crippen molar-refractivity contribution in [3.05, 3.63) is 82.9 Å². The number of nitrogens with zero attached hydrogens (tertiary/aromatic N) is 2. The molecule has 1 atom stereocenters. The fourth-order valence-corrected chi connectivity index (χ4v) is 3.23. The van der Waals surface area contributed by atoms with Gasteiger partial charge in [-0.1, -0.05) is 54.6 Å². The van der Waals surface area contributed by atoms with Gasteiger partial charge in [0.05, 0.1) is 5.92 Å². The third-order valence-corrected chi connectivity index (χ3v) is 4.48. The lowest BCUT2D eigenvalue weighted by Gasteiger charge is -2.23. The average Bonchev–Trinajstić information content (AvgIpc) is 3.02. The van der Waals surface area contributed by atoms with Crippen LogP contribution < -0.4 is 10.5 Å². The van der Waals surface area contributed by atoms with E-state index in [1.807, 2.05) is 37.3 Å². The molecule has 0 aliphatic carbocycles. The summed E-state index contributed by atoms with van der Waals surface area (Å²) in [7, 11) is 0. The number of aromatic amines is 1. The lowest BCUT2D eigenvalue weighted by molar-refractivity contribution is 0.379. The third-order valence-electron chi connectivity index (χ3n) is 4.48. The fourth-order valence-electron chi connectivity index (χ4n) is 3.23. The smallest absolute Gasteiger partial charge is 0.244 e. The van der Waals surface area contributed by atoms with Gasteiger partial charge in [0.1, 0.15) is 11.6 Å². The van der Waals surface area contributed by atoms with Crippen molar-refractivity contribution in [3.8, 4) is 23.1 Å². The Morgan fingerprint density at radius 3 is 2.44 bits per heavy atom. The van der Waals surface area contributed by atoms with Crippen LogP contribution >= 0.6 is 0 Å². The Balaban J connectivity index is 1.81. The van der Waals surface area contributed by atoms with Crippen LogP contribution in [0.5, 0.6) is 5.88 Å². The lowest BCUT2D eigenvalue weighted by Crippen LogP contribution is -2.21. The second-order valence-corrected chi connectivity index (χ2v) is 5.98. The summed E-state index contributed by atoms with van der Waals surface area (Å²) < 4.78 is 5.49. The van der Waals surface area contributed by atoms with E-state index in [2.05, 4.69) is 40.5 Å². The van der Waals surface area contributed by atoms with Crippen LogP contribution in [0.25, 0.3) is 11.1 Å². The monoisotopic (exact) mass is 328 g/mol. The minimum atomic E-state index is -0.280. The molecule has 1 aromatic heterocycles. The first kappa shape index (κ1) is 15.0. The molecule has 3 N–H and O–H groups in total. The number of nitrogens with two attached hydrogens (primary N) is 1. The minimum absolute atomic E-state index is 0.110. The SMILES string of the molecule is Cc1[nH]nc2c1[C@H](c1ccc(-c3ccccc3)cc1)C(C#N)=C(N)O2. The van der Waals surface area contributed by atoms with Gasteiger partial charge < -0.3 is 10.5 Å². The molecule has 0 fully saturated rings. The van der Waals surface area contributed by atoms with E-state index >= 15 is 0 Å². The molecule has 25 heavy (non-hydrogen) atoms. The first-order chi connectivity index (χ1) is 12.2. The second-order valence-electron chi connectivity index (χ2n) is 5.98. The number of rotatable bonds is 2. The number of hydrogen-bond acceptors (Lipinski definition) is 4. The number of nitriles is 1. The van der Waals surface area contributed by atoms with E-state index in [4.69, 9.17) is 10.5 Å². The van der Waals surface area contributed by atoms with Crippen molar-refractivity contribution in [3.63, 3.8) is 0 Å². The maximum Gasteiger partial charge on any atom is 0.244 e. The number of hydrogen-bond donors (Lipinski definition) is 2. The summed E-state index contributed by atoms with van der Waals surface area (Å²) >= 11 is 0. The summed E-state index contributed by atoms with van der Waals surface area (Å²) in [6.07, 6.45) is 0. The van der Waals surface area contributed by atoms with E-state index in [0.29, 0.717) is 11.5 Å². The highest BCUT2D eigenvalue weighted by Crippen LogP contribution is 2.42. The van der Waals surface area contributed by atoms with Crippen LogP contribution in [0.1, 0.15) is 22.7 Å². The van der Waals surface area contributed by atoms with Gasteiger partial charge in [-0.05, 0) is 23.6 Å². The Labute approximate surface area is 145 Å². The Hall–Kier alpha value is -3.52. The molecule has 5 nitrogen and oxygen atoms in total. The number of aromatic nitrogens is 2. The van der Waals surface area contributed by atoms with Crippen LogP contribution in [0, 0.1) is 18.3 Å². The van der Waals surface area contributed by atoms with Crippen molar-refractivity contribution in [1.82, 2.24) is 10.2 Å². The van der Waals surface area contributed by atoms with Crippen molar-refractivity contribution >= 4 is 0 Å². The highest BCUT2D eigenvalue weighted by atomic mass is 16.5. The number of benzene rings is 2. The number of nitrogens with one attached hydrogen (secondary N) is 1. The molecule has 5 heteroatoms. The minimum Gasteiger partial charge on any atom is -0.420 e. The first-order valence-corrected chi connectivity index (χ1v) is 7.97. The van der Waals surface area contributed by atoms with Crippen molar-refractivity contribution < 1.29 is 4.74 Å². The van der Waals surface area contributed by atoms with Gasteiger partial charge >= 0.3 is 0 Å². The van der Waals surface area contributed by atoms with Gasteiger partial charge in [-0.2, -0.15) is 5.26 Å².